The second-order valence-corrected chi connectivity index (χ2v) is 6.30. The number of nitrogens with one attached hydrogen (secondary N) is 1. The molecule has 18 heavy (non-hydrogen) atoms. The van der Waals surface area contributed by atoms with Gasteiger partial charge in [-0.05, 0) is 42.9 Å². The Bertz CT molecular complexity index is 482. The zero-order valence-corrected chi connectivity index (χ0v) is 11.4. The number of anilines is 2. The Labute approximate surface area is 108 Å². The van der Waals surface area contributed by atoms with Crippen molar-refractivity contribution in [3.63, 3.8) is 0 Å². The van der Waals surface area contributed by atoms with Gasteiger partial charge in [0.15, 0.2) is 0 Å². The van der Waals surface area contributed by atoms with Crippen LogP contribution in [0.3, 0.4) is 0 Å². The molecule has 1 fully saturated rings. The largest absolute Gasteiger partial charge is 0.381 e. The quantitative estimate of drug-likeness (QED) is 0.755. The molecule has 0 aliphatic carbocycles. The molecule has 1 N–H and O–H groups in total. The van der Waals surface area contributed by atoms with Gasteiger partial charge in [0.2, 0.25) is 0 Å². The van der Waals surface area contributed by atoms with E-state index >= 15 is 0 Å². The summed E-state index contributed by atoms with van der Waals surface area (Å²) in [6.07, 6.45) is 2.49. The fraction of sp³-hybridized carbons (Fsp3) is 0.600. The Morgan fingerprint density at radius 3 is 2.94 bits per heavy atom. The van der Waals surface area contributed by atoms with E-state index in [4.69, 9.17) is 0 Å². The zero-order chi connectivity index (χ0) is 12.9. The number of nitrogens with zero attached hydrogens (tertiary/aromatic N) is 1. The fourth-order valence-corrected chi connectivity index (χ4v) is 3.38. The Kier molecular flexibility index (Phi) is 2.54. The molecule has 1 atom stereocenters. The first-order valence-electron chi connectivity index (χ1n) is 6.80. The van der Waals surface area contributed by atoms with Gasteiger partial charge in [-0.2, -0.15) is 0 Å². The smallest absolute Gasteiger partial charge is 0.128 e. The molecule has 0 bridgehead atoms. The molecule has 0 saturated carbocycles. The maximum absolute atomic E-state index is 13.6. The van der Waals surface area contributed by atoms with Crippen LogP contribution in [-0.4, -0.2) is 19.1 Å². The molecule has 0 spiro atoms. The summed E-state index contributed by atoms with van der Waals surface area (Å²) < 4.78 is 13.6. The second kappa shape index (κ2) is 3.87. The van der Waals surface area contributed by atoms with Gasteiger partial charge in [0, 0.05) is 13.1 Å². The van der Waals surface area contributed by atoms with Crippen LogP contribution in [0.25, 0.3) is 0 Å². The molecular weight excluding hydrogens is 227 g/mol. The van der Waals surface area contributed by atoms with E-state index in [1.54, 1.807) is 6.07 Å². The van der Waals surface area contributed by atoms with E-state index < -0.39 is 0 Å². The average molecular weight is 248 g/mol. The molecule has 2 nitrogen and oxygen atoms in total. The van der Waals surface area contributed by atoms with Gasteiger partial charge in [0.05, 0.1) is 17.4 Å². The zero-order valence-electron chi connectivity index (χ0n) is 11.4. The van der Waals surface area contributed by atoms with Crippen molar-refractivity contribution in [2.75, 3.05) is 23.3 Å². The van der Waals surface area contributed by atoms with Crippen LogP contribution in [0, 0.1) is 18.2 Å². The van der Waals surface area contributed by atoms with Crippen LogP contribution in [-0.2, 0) is 0 Å². The van der Waals surface area contributed by atoms with Crippen molar-refractivity contribution in [3.8, 4) is 0 Å². The molecule has 1 aromatic rings. The fourth-order valence-electron chi connectivity index (χ4n) is 3.38. The molecule has 3 rings (SSSR count). The van der Waals surface area contributed by atoms with E-state index in [0.717, 1.165) is 24.3 Å². The van der Waals surface area contributed by atoms with Crippen LogP contribution in [0.2, 0.25) is 0 Å². The molecule has 0 radical (unpaired) electrons. The number of hydrogen-bond acceptors (Lipinski definition) is 2. The lowest BCUT2D eigenvalue weighted by Crippen LogP contribution is -2.55. The van der Waals surface area contributed by atoms with E-state index in [-0.39, 0.29) is 5.82 Å². The maximum Gasteiger partial charge on any atom is 0.128 e. The molecular formula is C15H21FN2. The summed E-state index contributed by atoms with van der Waals surface area (Å²) in [5, 5.41) is 3.40. The number of piperidine rings is 1. The maximum atomic E-state index is 13.6. The van der Waals surface area contributed by atoms with E-state index in [9.17, 15) is 4.39 Å². The van der Waals surface area contributed by atoms with Gasteiger partial charge in [-0.3, -0.25) is 0 Å². The third kappa shape index (κ3) is 1.68. The highest BCUT2D eigenvalue weighted by Crippen LogP contribution is 2.43. The summed E-state index contributed by atoms with van der Waals surface area (Å²) in [5.74, 6) is -0.115. The van der Waals surface area contributed by atoms with Crippen molar-refractivity contribution >= 4 is 11.4 Å². The SMILES string of the molecule is Cc1cc2c(cc1F)NCC1N2CCCC1(C)C. The van der Waals surface area contributed by atoms with Crippen LogP contribution in [0.4, 0.5) is 15.8 Å². The van der Waals surface area contributed by atoms with Crippen molar-refractivity contribution in [1.29, 1.82) is 0 Å². The van der Waals surface area contributed by atoms with Crippen LogP contribution in [0.5, 0.6) is 0 Å². The molecule has 98 valence electrons. The Morgan fingerprint density at radius 1 is 1.39 bits per heavy atom. The minimum Gasteiger partial charge on any atom is -0.381 e. The monoisotopic (exact) mass is 248 g/mol. The lowest BCUT2D eigenvalue weighted by atomic mass is 9.75. The van der Waals surface area contributed by atoms with E-state index in [1.165, 1.54) is 18.5 Å². The Morgan fingerprint density at radius 2 is 2.17 bits per heavy atom. The normalized spacial score (nSPS) is 25.1. The second-order valence-electron chi connectivity index (χ2n) is 6.30. The molecule has 1 aromatic carbocycles. The van der Waals surface area contributed by atoms with Gasteiger partial charge >= 0.3 is 0 Å². The highest BCUT2D eigenvalue weighted by molar-refractivity contribution is 5.74. The molecule has 0 aromatic heterocycles. The van der Waals surface area contributed by atoms with Crippen molar-refractivity contribution in [2.45, 2.75) is 39.7 Å². The lowest BCUT2D eigenvalue weighted by Gasteiger charge is -2.51. The molecule has 1 saturated heterocycles. The number of benzene rings is 1. The van der Waals surface area contributed by atoms with E-state index in [0.29, 0.717) is 11.5 Å². The summed E-state index contributed by atoms with van der Waals surface area (Å²) in [6.45, 7) is 8.53. The summed E-state index contributed by atoms with van der Waals surface area (Å²) >= 11 is 0. The predicted octanol–water partition coefficient (Wildman–Crippen LogP) is 3.55. The van der Waals surface area contributed by atoms with E-state index in [2.05, 4.69) is 24.1 Å². The molecule has 1 unspecified atom stereocenters. The van der Waals surface area contributed by atoms with Crippen LogP contribution < -0.4 is 10.2 Å². The Balaban J connectivity index is 2.05. The molecule has 2 aliphatic rings. The number of fused-ring (bicyclic) bond motifs is 3. The van der Waals surface area contributed by atoms with Gasteiger partial charge in [-0.25, -0.2) is 4.39 Å². The van der Waals surface area contributed by atoms with Crippen molar-refractivity contribution in [2.24, 2.45) is 5.41 Å². The third-order valence-corrected chi connectivity index (χ3v) is 4.57. The molecule has 2 heterocycles. The van der Waals surface area contributed by atoms with Gasteiger partial charge < -0.3 is 10.2 Å². The van der Waals surface area contributed by atoms with Gasteiger partial charge in [-0.1, -0.05) is 13.8 Å². The number of aryl methyl sites for hydroxylation is 1. The lowest BCUT2D eigenvalue weighted by molar-refractivity contribution is 0.217. The summed E-state index contributed by atoms with van der Waals surface area (Å²) in [4.78, 5) is 2.47. The van der Waals surface area contributed by atoms with Crippen molar-refractivity contribution in [3.05, 3.63) is 23.5 Å². The summed E-state index contributed by atoms with van der Waals surface area (Å²) in [6, 6.07) is 4.15. The summed E-state index contributed by atoms with van der Waals surface area (Å²) in [5.41, 5.74) is 3.19. The van der Waals surface area contributed by atoms with Crippen LogP contribution in [0.15, 0.2) is 12.1 Å². The van der Waals surface area contributed by atoms with Crippen molar-refractivity contribution in [1.82, 2.24) is 0 Å². The number of rotatable bonds is 0. The standard InChI is InChI=1S/C15H21FN2/c1-10-7-13-12(8-11(10)16)17-9-14-15(2,3)5-4-6-18(13)14/h7-8,14,17H,4-6,9H2,1-3H3. The van der Waals surface area contributed by atoms with Gasteiger partial charge in [0.25, 0.3) is 0 Å². The number of halogens is 1. The summed E-state index contributed by atoms with van der Waals surface area (Å²) in [7, 11) is 0. The highest BCUT2D eigenvalue weighted by atomic mass is 19.1. The predicted molar refractivity (Wildman–Crippen MR) is 73.8 cm³/mol. The van der Waals surface area contributed by atoms with Crippen LogP contribution in [0.1, 0.15) is 32.3 Å². The van der Waals surface area contributed by atoms with Crippen LogP contribution >= 0.6 is 0 Å². The highest BCUT2D eigenvalue weighted by Gasteiger charge is 2.40. The minimum absolute atomic E-state index is 0.115. The first kappa shape index (κ1) is 11.8. The molecule has 2 aliphatic heterocycles. The van der Waals surface area contributed by atoms with Crippen molar-refractivity contribution < 1.29 is 4.39 Å². The first-order valence-corrected chi connectivity index (χ1v) is 6.80. The van der Waals surface area contributed by atoms with Gasteiger partial charge in [0.1, 0.15) is 5.82 Å². The molecule has 3 heteroatoms. The first-order chi connectivity index (χ1) is 8.49. The average Bonchev–Trinajstić information content (AvgIpc) is 2.30. The Hall–Kier alpha value is -1.25. The topological polar surface area (TPSA) is 15.3 Å². The van der Waals surface area contributed by atoms with Gasteiger partial charge in [-0.15, -0.1) is 0 Å². The minimum atomic E-state index is -0.115. The molecule has 0 amide bonds. The van der Waals surface area contributed by atoms with E-state index in [1.807, 2.05) is 13.0 Å². The number of hydrogen-bond donors (Lipinski definition) is 1. The third-order valence-electron chi connectivity index (χ3n) is 4.57.